The SMILES string of the molecule is CC1CC(N)=CC(C(=O)NCCCCNC2CC2C(F)(F)C(F)(F)F)=C(Cl)C1. The van der Waals surface area contributed by atoms with Crippen LogP contribution in [0.25, 0.3) is 0 Å². The number of hydrogen-bond acceptors (Lipinski definition) is 3. The number of rotatable bonds is 8. The zero-order chi connectivity index (χ0) is 21.1. The summed E-state index contributed by atoms with van der Waals surface area (Å²) in [6.07, 6.45) is -1.82. The fraction of sp³-hybridized carbons (Fsp3) is 0.722. The standard InChI is InChI=1S/C18H25ClF5N3O/c1-10-6-11(25)8-12(14(19)7-10)16(28)27-5-3-2-4-26-15-9-13(15)17(20,21)18(22,23)24/h8,10,13,15,26H,2-7,9,25H2,1H3,(H,27,28). The molecule has 0 radical (unpaired) electrons. The summed E-state index contributed by atoms with van der Waals surface area (Å²) in [4.78, 5) is 12.3. The van der Waals surface area contributed by atoms with E-state index < -0.39 is 24.1 Å². The predicted octanol–water partition coefficient (Wildman–Crippen LogP) is 3.82. The summed E-state index contributed by atoms with van der Waals surface area (Å²) in [5, 5.41) is 5.89. The van der Waals surface area contributed by atoms with Crippen molar-refractivity contribution in [2.24, 2.45) is 17.6 Å². The highest BCUT2D eigenvalue weighted by atomic mass is 35.5. The maximum Gasteiger partial charge on any atom is 0.453 e. The monoisotopic (exact) mass is 429 g/mol. The van der Waals surface area contributed by atoms with Gasteiger partial charge in [-0.3, -0.25) is 4.79 Å². The highest BCUT2D eigenvalue weighted by Gasteiger charge is 2.69. The van der Waals surface area contributed by atoms with Crippen LogP contribution in [0, 0.1) is 11.8 Å². The molecule has 1 fully saturated rings. The highest BCUT2D eigenvalue weighted by Crippen LogP contribution is 2.51. The summed E-state index contributed by atoms with van der Waals surface area (Å²) in [7, 11) is 0. The van der Waals surface area contributed by atoms with Gasteiger partial charge >= 0.3 is 12.1 Å². The molecule has 10 heteroatoms. The Morgan fingerprint density at radius 3 is 2.50 bits per heavy atom. The molecular formula is C18H25ClF5N3O. The van der Waals surface area contributed by atoms with Crippen molar-refractivity contribution >= 4 is 17.5 Å². The Morgan fingerprint density at radius 1 is 1.21 bits per heavy atom. The van der Waals surface area contributed by atoms with Crippen LogP contribution in [-0.2, 0) is 4.79 Å². The van der Waals surface area contributed by atoms with Crippen molar-refractivity contribution in [3.05, 3.63) is 22.4 Å². The number of carbonyl (C=O) groups is 1. The lowest BCUT2D eigenvalue weighted by Crippen LogP contribution is -2.41. The third-order valence-electron chi connectivity index (χ3n) is 4.91. The molecule has 0 bridgehead atoms. The molecule has 2 rings (SSSR count). The van der Waals surface area contributed by atoms with Crippen molar-refractivity contribution in [1.29, 1.82) is 0 Å². The normalized spacial score (nSPS) is 26.0. The van der Waals surface area contributed by atoms with Gasteiger partial charge in [-0.2, -0.15) is 22.0 Å². The van der Waals surface area contributed by atoms with E-state index in [0.717, 1.165) is 0 Å². The topological polar surface area (TPSA) is 67.2 Å². The predicted molar refractivity (Wildman–Crippen MR) is 96.7 cm³/mol. The lowest BCUT2D eigenvalue weighted by molar-refractivity contribution is -0.291. The van der Waals surface area contributed by atoms with Gasteiger partial charge in [0.15, 0.2) is 0 Å². The Kier molecular flexibility index (Phi) is 7.36. The molecule has 28 heavy (non-hydrogen) atoms. The largest absolute Gasteiger partial charge is 0.453 e. The summed E-state index contributed by atoms with van der Waals surface area (Å²) in [6, 6.07) is -0.823. The summed E-state index contributed by atoms with van der Waals surface area (Å²) >= 11 is 6.20. The minimum Gasteiger partial charge on any atom is -0.402 e. The van der Waals surface area contributed by atoms with Crippen LogP contribution in [0.1, 0.15) is 39.0 Å². The van der Waals surface area contributed by atoms with Crippen molar-refractivity contribution < 1.29 is 26.7 Å². The Balaban J connectivity index is 1.66. The number of nitrogens with two attached hydrogens (primary N) is 1. The fourth-order valence-electron chi connectivity index (χ4n) is 3.27. The van der Waals surface area contributed by atoms with Gasteiger partial charge in [0.05, 0.1) is 5.57 Å². The molecule has 3 unspecified atom stereocenters. The van der Waals surface area contributed by atoms with Crippen molar-refractivity contribution in [2.45, 2.75) is 57.2 Å². The molecule has 0 saturated heterocycles. The van der Waals surface area contributed by atoms with E-state index in [1.165, 1.54) is 0 Å². The van der Waals surface area contributed by atoms with Crippen LogP contribution >= 0.6 is 11.6 Å². The molecule has 3 atom stereocenters. The van der Waals surface area contributed by atoms with Crippen molar-refractivity contribution in [1.82, 2.24) is 10.6 Å². The number of carbonyl (C=O) groups excluding carboxylic acids is 1. The van der Waals surface area contributed by atoms with Crippen LogP contribution in [0.15, 0.2) is 22.4 Å². The molecule has 0 aromatic heterocycles. The molecule has 1 amide bonds. The van der Waals surface area contributed by atoms with Crippen LogP contribution in [0.5, 0.6) is 0 Å². The molecule has 2 aliphatic carbocycles. The summed E-state index contributed by atoms with van der Waals surface area (Å²) in [5.41, 5.74) is 6.80. The van der Waals surface area contributed by atoms with E-state index in [9.17, 15) is 26.7 Å². The van der Waals surface area contributed by atoms with E-state index in [0.29, 0.717) is 55.1 Å². The van der Waals surface area contributed by atoms with Crippen LogP contribution in [-0.4, -0.2) is 37.1 Å². The van der Waals surface area contributed by atoms with Gasteiger partial charge in [-0.15, -0.1) is 0 Å². The lowest BCUT2D eigenvalue weighted by Gasteiger charge is -2.19. The molecule has 0 aromatic carbocycles. The van der Waals surface area contributed by atoms with Crippen molar-refractivity contribution in [3.63, 3.8) is 0 Å². The van der Waals surface area contributed by atoms with Crippen LogP contribution in [0.3, 0.4) is 0 Å². The zero-order valence-electron chi connectivity index (χ0n) is 15.5. The number of allylic oxidation sites excluding steroid dienone is 2. The van der Waals surface area contributed by atoms with Crippen LogP contribution in [0.4, 0.5) is 22.0 Å². The number of unbranched alkanes of at least 4 members (excludes halogenated alkanes) is 1. The van der Waals surface area contributed by atoms with E-state index in [1.807, 2.05) is 6.92 Å². The second kappa shape index (κ2) is 8.98. The highest BCUT2D eigenvalue weighted by molar-refractivity contribution is 6.32. The molecule has 4 nitrogen and oxygen atoms in total. The summed E-state index contributed by atoms with van der Waals surface area (Å²) in [5.74, 6) is -6.44. The Labute approximate surface area is 165 Å². The van der Waals surface area contributed by atoms with E-state index in [-0.39, 0.29) is 18.2 Å². The maximum atomic E-state index is 13.1. The van der Waals surface area contributed by atoms with Gasteiger partial charge in [-0.05, 0) is 50.6 Å². The number of amides is 1. The second-order valence-corrected chi connectivity index (χ2v) is 7.99. The zero-order valence-corrected chi connectivity index (χ0v) is 16.3. The quantitative estimate of drug-likeness (QED) is 0.406. The third kappa shape index (κ3) is 5.83. The number of halogens is 6. The molecule has 0 spiro atoms. The number of hydrogen-bond donors (Lipinski definition) is 3. The van der Waals surface area contributed by atoms with E-state index >= 15 is 0 Å². The van der Waals surface area contributed by atoms with Crippen molar-refractivity contribution in [3.8, 4) is 0 Å². The molecule has 4 N–H and O–H groups in total. The Morgan fingerprint density at radius 2 is 1.86 bits per heavy atom. The average molecular weight is 430 g/mol. The smallest absolute Gasteiger partial charge is 0.402 e. The average Bonchev–Trinajstić information content (AvgIpc) is 3.35. The van der Waals surface area contributed by atoms with Gasteiger partial charge in [-0.25, -0.2) is 0 Å². The van der Waals surface area contributed by atoms with Gasteiger partial charge in [-0.1, -0.05) is 18.5 Å². The first-order valence-corrected chi connectivity index (χ1v) is 9.62. The Bertz CT molecular complexity index is 648. The first-order chi connectivity index (χ1) is 12.9. The van der Waals surface area contributed by atoms with Gasteiger partial charge in [0.1, 0.15) is 0 Å². The third-order valence-corrected chi connectivity index (χ3v) is 5.27. The Hall–Kier alpha value is -1.35. The first-order valence-electron chi connectivity index (χ1n) is 9.24. The molecule has 0 aliphatic heterocycles. The lowest BCUT2D eigenvalue weighted by atomic mass is 10.0. The van der Waals surface area contributed by atoms with E-state index in [1.54, 1.807) is 6.08 Å². The number of alkyl halides is 5. The molecule has 0 aromatic rings. The fourth-order valence-corrected chi connectivity index (χ4v) is 3.67. The van der Waals surface area contributed by atoms with Gasteiger partial charge in [0, 0.05) is 29.2 Å². The van der Waals surface area contributed by atoms with E-state index in [2.05, 4.69) is 10.6 Å². The van der Waals surface area contributed by atoms with Gasteiger partial charge in [0.2, 0.25) is 0 Å². The molecule has 2 aliphatic rings. The molecule has 1 saturated carbocycles. The van der Waals surface area contributed by atoms with E-state index in [4.69, 9.17) is 17.3 Å². The maximum absolute atomic E-state index is 13.1. The minimum absolute atomic E-state index is 0.192. The first kappa shape index (κ1) is 22.9. The molecule has 0 heterocycles. The second-order valence-electron chi connectivity index (χ2n) is 7.54. The summed E-state index contributed by atoms with van der Waals surface area (Å²) < 4.78 is 63.1. The van der Waals surface area contributed by atoms with Gasteiger partial charge < -0.3 is 16.4 Å². The molecular weight excluding hydrogens is 405 g/mol. The van der Waals surface area contributed by atoms with Crippen LogP contribution in [0.2, 0.25) is 0 Å². The minimum atomic E-state index is -5.51. The number of nitrogens with one attached hydrogen (secondary N) is 2. The summed E-state index contributed by atoms with van der Waals surface area (Å²) in [6.45, 7) is 2.63. The van der Waals surface area contributed by atoms with Crippen molar-refractivity contribution in [2.75, 3.05) is 13.1 Å². The molecule has 160 valence electrons. The van der Waals surface area contributed by atoms with Crippen LogP contribution < -0.4 is 16.4 Å². The van der Waals surface area contributed by atoms with Gasteiger partial charge in [0.25, 0.3) is 5.91 Å².